The van der Waals surface area contributed by atoms with Crippen molar-refractivity contribution in [1.82, 2.24) is 0 Å². The second-order valence-corrected chi connectivity index (χ2v) is 5.78. The van der Waals surface area contributed by atoms with Gasteiger partial charge in [0.1, 0.15) is 5.92 Å². The van der Waals surface area contributed by atoms with Crippen LogP contribution in [0.5, 0.6) is 5.75 Å². The molecule has 22 heavy (non-hydrogen) atoms. The lowest BCUT2D eigenvalue weighted by Gasteiger charge is -2.34. The number of carbonyl (C=O) groups is 2. The van der Waals surface area contributed by atoms with Gasteiger partial charge in [0.15, 0.2) is 11.6 Å². The molecule has 118 valence electrons. The van der Waals surface area contributed by atoms with E-state index in [2.05, 4.69) is 5.32 Å². The normalized spacial score (nSPS) is 31.4. The smallest absolute Gasteiger partial charge is 0.313 e. The Morgan fingerprint density at radius 1 is 1.27 bits per heavy atom. The number of alkyl halides is 2. The summed E-state index contributed by atoms with van der Waals surface area (Å²) in [5.41, 5.74) is -1.89. The summed E-state index contributed by atoms with van der Waals surface area (Å²) in [5, 5.41) is 20.2. The lowest BCUT2D eigenvalue weighted by molar-refractivity contribution is -0.142. The third-order valence-corrected chi connectivity index (χ3v) is 4.57. The van der Waals surface area contributed by atoms with Crippen LogP contribution in [0.15, 0.2) is 18.2 Å². The van der Waals surface area contributed by atoms with Crippen LogP contribution in [0.3, 0.4) is 0 Å². The number of aromatic hydroxyl groups is 1. The maximum absolute atomic E-state index is 13.5. The first-order valence-electron chi connectivity index (χ1n) is 6.59. The first-order chi connectivity index (χ1) is 10.2. The van der Waals surface area contributed by atoms with Crippen LogP contribution in [0.4, 0.5) is 18.9 Å². The SMILES string of the molecule is O=C(Nc1cccc(O)c1F)C1CC2(C1)C(C(=O)O)C2(F)F. The summed E-state index contributed by atoms with van der Waals surface area (Å²) in [4.78, 5) is 22.7. The summed E-state index contributed by atoms with van der Waals surface area (Å²) >= 11 is 0. The number of amides is 1. The molecular weight excluding hydrogens is 303 g/mol. The number of phenols is 1. The summed E-state index contributed by atoms with van der Waals surface area (Å²) in [5.74, 6) is -9.72. The molecule has 8 heteroatoms. The monoisotopic (exact) mass is 315 g/mol. The van der Waals surface area contributed by atoms with E-state index in [4.69, 9.17) is 5.11 Å². The predicted molar refractivity (Wildman–Crippen MR) is 67.9 cm³/mol. The van der Waals surface area contributed by atoms with E-state index in [0.717, 1.165) is 6.07 Å². The Balaban J connectivity index is 1.66. The van der Waals surface area contributed by atoms with Gasteiger partial charge in [-0.1, -0.05) is 6.07 Å². The molecule has 1 aromatic rings. The van der Waals surface area contributed by atoms with Crippen LogP contribution in [0.25, 0.3) is 0 Å². The molecule has 2 fully saturated rings. The Labute approximate surface area is 122 Å². The van der Waals surface area contributed by atoms with E-state index in [9.17, 15) is 27.9 Å². The largest absolute Gasteiger partial charge is 0.505 e. The molecule has 1 spiro atoms. The van der Waals surface area contributed by atoms with E-state index in [1.807, 2.05) is 0 Å². The number of rotatable bonds is 3. The quantitative estimate of drug-likeness (QED) is 0.798. The number of hydrogen-bond donors (Lipinski definition) is 3. The molecular formula is C14H12F3NO4. The third kappa shape index (κ3) is 1.79. The average Bonchev–Trinajstić information content (AvgIpc) is 2.90. The molecule has 2 aliphatic rings. The highest BCUT2D eigenvalue weighted by Crippen LogP contribution is 2.76. The standard InChI is InChI=1S/C14H12F3NO4/c15-9-7(2-1-3-8(9)19)18-11(20)6-4-13(5-6)10(12(21)22)14(13,16)17/h1-3,6,10,19H,4-5H2,(H,18,20)(H,21,22). The van der Waals surface area contributed by atoms with Gasteiger partial charge in [0.05, 0.1) is 11.1 Å². The minimum absolute atomic E-state index is 0.247. The predicted octanol–water partition coefficient (Wildman–Crippen LogP) is 2.22. The highest BCUT2D eigenvalue weighted by atomic mass is 19.3. The maximum atomic E-state index is 13.5. The fourth-order valence-electron chi connectivity index (χ4n) is 3.26. The second-order valence-electron chi connectivity index (χ2n) is 5.78. The van der Waals surface area contributed by atoms with Crippen molar-refractivity contribution in [3.8, 4) is 5.75 Å². The molecule has 3 N–H and O–H groups in total. The minimum Gasteiger partial charge on any atom is -0.505 e. The fraction of sp³-hybridized carbons (Fsp3) is 0.429. The van der Waals surface area contributed by atoms with Crippen LogP contribution < -0.4 is 5.32 Å². The molecule has 0 heterocycles. The molecule has 0 aromatic heterocycles. The number of benzene rings is 1. The highest BCUT2D eigenvalue weighted by Gasteiger charge is 2.87. The van der Waals surface area contributed by atoms with Gasteiger partial charge in [-0.25, -0.2) is 13.2 Å². The third-order valence-electron chi connectivity index (χ3n) is 4.57. The number of halogens is 3. The molecule has 1 aromatic carbocycles. The molecule has 3 rings (SSSR count). The maximum Gasteiger partial charge on any atom is 0.313 e. The Morgan fingerprint density at radius 3 is 2.45 bits per heavy atom. The van der Waals surface area contributed by atoms with Gasteiger partial charge in [-0.3, -0.25) is 9.59 Å². The topological polar surface area (TPSA) is 86.6 Å². The van der Waals surface area contributed by atoms with Crippen LogP contribution in [0.1, 0.15) is 12.8 Å². The van der Waals surface area contributed by atoms with E-state index in [1.165, 1.54) is 12.1 Å². The molecule has 0 saturated heterocycles. The fourth-order valence-corrected chi connectivity index (χ4v) is 3.26. The van der Waals surface area contributed by atoms with Crippen molar-refractivity contribution in [3.05, 3.63) is 24.0 Å². The molecule has 1 unspecified atom stereocenters. The van der Waals surface area contributed by atoms with E-state index in [-0.39, 0.29) is 18.5 Å². The summed E-state index contributed by atoms with van der Waals surface area (Å²) in [6.07, 6.45) is -0.494. The van der Waals surface area contributed by atoms with Crippen LogP contribution in [0.2, 0.25) is 0 Å². The number of anilines is 1. The molecule has 2 saturated carbocycles. The Bertz CT molecular complexity index is 670. The van der Waals surface area contributed by atoms with Crippen molar-refractivity contribution in [2.45, 2.75) is 18.8 Å². The number of aliphatic carboxylic acids is 1. The van der Waals surface area contributed by atoms with Crippen molar-refractivity contribution in [2.75, 3.05) is 5.32 Å². The van der Waals surface area contributed by atoms with Crippen molar-refractivity contribution in [3.63, 3.8) is 0 Å². The Kier molecular flexibility index (Phi) is 2.92. The van der Waals surface area contributed by atoms with E-state index in [0.29, 0.717) is 0 Å². The van der Waals surface area contributed by atoms with Gasteiger partial charge < -0.3 is 15.5 Å². The zero-order chi connectivity index (χ0) is 16.3. The summed E-state index contributed by atoms with van der Waals surface area (Å²) in [7, 11) is 0. The molecule has 5 nitrogen and oxygen atoms in total. The first kappa shape index (κ1) is 14.7. The van der Waals surface area contributed by atoms with E-state index < -0.39 is 46.6 Å². The van der Waals surface area contributed by atoms with Crippen LogP contribution >= 0.6 is 0 Å². The number of hydrogen-bond acceptors (Lipinski definition) is 3. The van der Waals surface area contributed by atoms with Crippen LogP contribution in [-0.4, -0.2) is 28.0 Å². The van der Waals surface area contributed by atoms with Gasteiger partial charge in [-0.2, -0.15) is 0 Å². The molecule has 1 atom stereocenters. The lowest BCUT2D eigenvalue weighted by atomic mass is 9.69. The number of phenolic OH excluding ortho intramolecular Hbond substituents is 1. The van der Waals surface area contributed by atoms with Crippen molar-refractivity contribution in [2.24, 2.45) is 17.3 Å². The lowest BCUT2D eigenvalue weighted by Crippen LogP contribution is -2.39. The molecule has 0 bridgehead atoms. The summed E-state index contributed by atoms with van der Waals surface area (Å²) in [6.45, 7) is 0. The van der Waals surface area contributed by atoms with Gasteiger partial charge in [-0.15, -0.1) is 0 Å². The highest BCUT2D eigenvalue weighted by molar-refractivity contribution is 5.94. The molecule has 0 aliphatic heterocycles. The zero-order valence-corrected chi connectivity index (χ0v) is 11.1. The van der Waals surface area contributed by atoms with Gasteiger partial charge in [0.25, 0.3) is 5.92 Å². The number of carboxylic acids is 1. The van der Waals surface area contributed by atoms with Crippen LogP contribution in [0, 0.1) is 23.1 Å². The van der Waals surface area contributed by atoms with Crippen molar-refractivity contribution < 1.29 is 33.0 Å². The second kappa shape index (κ2) is 4.37. The Hall–Kier alpha value is -2.25. The number of carbonyl (C=O) groups excluding carboxylic acids is 1. The van der Waals surface area contributed by atoms with Crippen molar-refractivity contribution >= 4 is 17.6 Å². The zero-order valence-electron chi connectivity index (χ0n) is 11.1. The number of carboxylic acid groups (broad SMARTS) is 1. The average molecular weight is 315 g/mol. The summed E-state index contributed by atoms with van der Waals surface area (Å²) < 4.78 is 40.6. The van der Waals surface area contributed by atoms with Gasteiger partial charge in [-0.05, 0) is 25.0 Å². The van der Waals surface area contributed by atoms with E-state index >= 15 is 0 Å². The van der Waals surface area contributed by atoms with Gasteiger partial charge >= 0.3 is 5.97 Å². The summed E-state index contributed by atoms with van der Waals surface area (Å²) in [6, 6.07) is 3.66. The van der Waals surface area contributed by atoms with Gasteiger partial charge in [0, 0.05) is 5.92 Å². The Morgan fingerprint density at radius 2 is 1.91 bits per heavy atom. The van der Waals surface area contributed by atoms with Crippen LogP contribution in [-0.2, 0) is 9.59 Å². The molecule has 2 aliphatic carbocycles. The van der Waals surface area contributed by atoms with Gasteiger partial charge in [0.2, 0.25) is 5.91 Å². The molecule has 0 radical (unpaired) electrons. The minimum atomic E-state index is -3.30. The van der Waals surface area contributed by atoms with E-state index in [1.54, 1.807) is 0 Å². The first-order valence-corrected chi connectivity index (χ1v) is 6.59. The number of nitrogens with one attached hydrogen (secondary N) is 1. The molecule has 1 amide bonds. The van der Waals surface area contributed by atoms with Crippen molar-refractivity contribution in [1.29, 1.82) is 0 Å².